The van der Waals surface area contributed by atoms with Crippen LogP contribution in [0.4, 0.5) is 0 Å². The summed E-state index contributed by atoms with van der Waals surface area (Å²) in [5.74, 6) is 0.0385. The summed E-state index contributed by atoms with van der Waals surface area (Å²) in [5.41, 5.74) is 3.65. The van der Waals surface area contributed by atoms with Gasteiger partial charge in [0, 0.05) is 42.2 Å². The molecule has 1 heterocycles. The number of halogens is 2. The third-order valence-electron chi connectivity index (χ3n) is 3.77. The Balaban J connectivity index is 0.00000264. The molecule has 4 nitrogen and oxygen atoms in total. The molecule has 1 N–H and O–H groups in total. The van der Waals surface area contributed by atoms with Gasteiger partial charge in [0.05, 0.1) is 5.56 Å². The molecule has 0 bridgehead atoms. The molecule has 0 aliphatic heterocycles. The van der Waals surface area contributed by atoms with E-state index < -0.39 is 0 Å². The first-order chi connectivity index (χ1) is 10.5. The molecule has 1 aromatic carbocycles. The molecule has 2 aromatic rings. The summed E-state index contributed by atoms with van der Waals surface area (Å²) in [5, 5.41) is 3.74. The van der Waals surface area contributed by atoms with Gasteiger partial charge in [-0.2, -0.15) is 0 Å². The van der Waals surface area contributed by atoms with Crippen LogP contribution < -0.4 is 5.32 Å². The summed E-state index contributed by atoms with van der Waals surface area (Å²) in [7, 11) is 3.70. The number of amides is 1. The van der Waals surface area contributed by atoms with E-state index in [1.165, 1.54) is 0 Å². The maximum absolute atomic E-state index is 12.6. The first kappa shape index (κ1) is 19.6. The average Bonchev–Trinajstić information content (AvgIpc) is 2.78. The number of carbonyl (C=O) groups excluding carboxylic acids is 1. The third-order valence-corrected chi connectivity index (χ3v) is 4.01. The number of nitrogens with zero attached hydrogens (tertiary/aromatic N) is 2. The quantitative estimate of drug-likeness (QED) is 0.891. The number of aromatic nitrogens is 1. The summed E-state index contributed by atoms with van der Waals surface area (Å²) in [6.45, 7) is 5.41. The number of aryl methyl sites for hydroxylation is 1. The van der Waals surface area contributed by atoms with Crippen LogP contribution in [0.25, 0.3) is 5.69 Å². The molecule has 1 amide bonds. The minimum atomic E-state index is 0. The molecule has 6 heteroatoms. The summed E-state index contributed by atoms with van der Waals surface area (Å²) in [6, 6.07) is 9.59. The van der Waals surface area contributed by atoms with Crippen LogP contribution in [-0.4, -0.2) is 42.6 Å². The standard InChI is InChI=1S/C17H22ClN3O.ClH/c1-12-10-16(17(22)20(4)9-8-19-3)13(2)21(12)15-7-5-6-14(18)11-15;/h5-7,10-11,19H,8-9H2,1-4H3;1H. The van der Waals surface area contributed by atoms with Crippen molar-refractivity contribution in [2.75, 3.05) is 27.2 Å². The fraction of sp³-hybridized carbons (Fsp3) is 0.353. The molecule has 126 valence electrons. The van der Waals surface area contributed by atoms with Gasteiger partial charge in [-0.3, -0.25) is 4.79 Å². The molecule has 2 rings (SSSR count). The Morgan fingerprint density at radius 2 is 2.00 bits per heavy atom. The number of hydrogen-bond donors (Lipinski definition) is 1. The molecule has 0 aliphatic carbocycles. The van der Waals surface area contributed by atoms with Gasteiger partial charge in [-0.25, -0.2) is 0 Å². The Morgan fingerprint density at radius 1 is 1.30 bits per heavy atom. The van der Waals surface area contributed by atoms with Gasteiger partial charge in [0.1, 0.15) is 0 Å². The number of nitrogens with one attached hydrogen (secondary N) is 1. The van der Waals surface area contributed by atoms with E-state index >= 15 is 0 Å². The lowest BCUT2D eigenvalue weighted by atomic mass is 10.2. The van der Waals surface area contributed by atoms with Crippen LogP contribution in [0.15, 0.2) is 30.3 Å². The molecule has 0 spiro atoms. The second kappa shape index (κ2) is 8.39. The lowest BCUT2D eigenvalue weighted by Crippen LogP contribution is -2.33. The van der Waals surface area contributed by atoms with Gasteiger partial charge in [0.25, 0.3) is 5.91 Å². The van der Waals surface area contributed by atoms with E-state index in [1.807, 2.05) is 58.3 Å². The van der Waals surface area contributed by atoms with E-state index in [0.717, 1.165) is 29.2 Å². The summed E-state index contributed by atoms with van der Waals surface area (Å²) < 4.78 is 2.06. The molecule has 1 aromatic heterocycles. The van der Waals surface area contributed by atoms with Crippen LogP contribution in [0.1, 0.15) is 21.7 Å². The fourth-order valence-electron chi connectivity index (χ4n) is 2.58. The van der Waals surface area contributed by atoms with Gasteiger partial charge >= 0.3 is 0 Å². The average molecular weight is 356 g/mol. The van der Waals surface area contributed by atoms with Crippen molar-refractivity contribution in [2.45, 2.75) is 13.8 Å². The number of rotatable bonds is 5. The Labute approximate surface area is 148 Å². The Morgan fingerprint density at radius 3 is 2.61 bits per heavy atom. The third kappa shape index (κ3) is 4.28. The zero-order valence-electron chi connectivity index (χ0n) is 13.9. The predicted octanol–water partition coefficient (Wildman–Crippen LogP) is 3.46. The summed E-state index contributed by atoms with van der Waals surface area (Å²) in [4.78, 5) is 14.3. The SMILES string of the molecule is CNCCN(C)C(=O)c1cc(C)n(-c2cccc(Cl)c2)c1C.Cl. The highest BCUT2D eigenvalue weighted by atomic mass is 35.5. The maximum atomic E-state index is 12.6. The Hall–Kier alpha value is -1.49. The van der Waals surface area contributed by atoms with E-state index in [4.69, 9.17) is 11.6 Å². The lowest BCUT2D eigenvalue weighted by molar-refractivity contribution is 0.0796. The molecule has 0 aliphatic rings. The molecule has 0 radical (unpaired) electrons. The first-order valence-corrected chi connectivity index (χ1v) is 7.68. The number of carbonyl (C=O) groups is 1. The van der Waals surface area contributed by atoms with Crippen molar-refractivity contribution in [3.63, 3.8) is 0 Å². The van der Waals surface area contributed by atoms with Crippen molar-refractivity contribution in [1.29, 1.82) is 0 Å². The Bertz CT molecular complexity index is 682. The normalized spacial score (nSPS) is 10.3. The molecule has 0 saturated heterocycles. The van der Waals surface area contributed by atoms with Gasteiger partial charge in [-0.1, -0.05) is 17.7 Å². The highest BCUT2D eigenvalue weighted by Crippen LogP contribution is 2.23. The smallest absolute Gasteiger partial charge is 0.255 e. The number of benzene rings is 1. The minimum Gasteiger partial charge on any atom is -0.340 e. The number of hydrogen-bond acceptors (Lipinski definition) is 2. The van der Waals surface area contributed by atoms with Gasteiger partial charge in [0.15, 0.2) is 0 Å². The Kier molecular flexibility index (Phi) is 7.13. The molecule has 0 saturated carbocycles. The fourth-order valence-corrected chi connectivity index (χ4v) is 2.76. The van der Waals surface area contributed by atoms with Gasteiger partial charge in [0.2, 0.25) is 0 Å². The minimum absolute atomic E-state index is 0. The van der Waals surface area contributed by atoms with Gasteiger partial charge in [-0.05, 0) is 45.2 Å². The van der Waals surface area contributed by atoms with Crippen LogP contribution in [0.2, 0.25) is 5.02 Å². The number of likely N-dealkylation sites (N-methyl/N-ethyl adjacent to an activating group) is 2. The van der Waals surface area contributed by atoms with Crippen LogP contribution >= 0.6 is 24.0 Å². The van der Waals surface area contributed by atoms with Crippen molar-refractivity contribution in [2.24, 2.45) is 0 Å². The van der Waals surface area contributed by atoms with Crippen LogP contribution in [0.3, 0.4) is 0 Å². The highest BCUT2D eigenvalue weighted by Gasteiger charge is 2.19. The molecule has 0 unspecified atom stereocenters. The summed E-state index contributed by atoms with van der Waals surface area (Å²) in [6.07, 6.45) is 0. The van der Waals surface area contributed by atoms with E-state index in [0.29, 0.717) is 11.6 Å². The van der Waals surface area contributed by atoms with E-state index in [9.17, 15) is 4.79 Å². The van der Waals surface area contributed by atoms with Crippen molar-refractivity contribution < 1.29 is 4.79 Å². The van der Waals surface area contributed by atoms with Crippen molar-refractivity contribution >= 4 is 29.9 Å². The molecular weight excluding hydrogens is 333 g/mol. The van der Waals surface area contributed by atoms with E-state index in [-0.39, 0.29) is 18.3 Å². The molecule has 0 atom stereocenters. The van der Waals surface area contributed by atoms with Gasteiger partial charge in [-0.15, -0.1) is 12.4 Å². The van der Waals surface area contributed by atoms with Crippen LogP contribution in [0.5, 0.6) is 0 Å². The summed E-state index contributed by atoms with van der Waals surface area (Å²) >= 11 is 6.08. The maximum Gasteiger partial charge on any atom is 0.255 e. The monoisotopic (exact) mass is 355 g/mol. The molecular formula is C17H23Cl2N3O. The first-order valence-electron chi connectivity index (χ1n) is 7.30. The topological polar surface area (TPSA) is 37.3 Å². The van der Waals surface area contributed by atoms with Gasteiger partial charge < -0.3 is 14.8 Å². The highest BCUT2D eigenvalue weighted by molar-refractivity contribution is 6.30. The predicted molar refractivity (Wildman–Crippen MR) is 98.4 cm³/mol. The van der Waals surface area contributed by atoms with Crippen molar-refractivity contribution in [3.05, 3.63) is 52.3 Å². The zero-order valence-corrected chi connectivity index (χ0v) is 15.5. The van der Waals surface area contributed by atoms with E-state index in [2.05, 4.69) is 9.88 Å². The second-order valence-corrected chi connectivity index (χ2v) is 5.87. The van der Waals surface area contributed by atoms with Crippen LogP contribution in [-0.2, 0) is 0 Å². The van der Waals surface area contributed by atoms with Crippen molar-refractivity contribution in [1.82, 2.24) is 14.8 Å². The molecule has 0 fully saturated rings. The van der Waals surface area contributed by atoms with Crippen molar-refractivity contribution in [3.8, 4) is 5.69 Å². The zero-order chi connectivity index (χ0) is 16.3. The largest absolute Gasteiger partial charge is 0.340 e. The second-order valence-electron chi connectivity index (χ2n) is 5.43. The van der Waals surface area contributed by atoms with Crippen LogP contribution in [0, 0.1) is 13.8 Å². The molecule has 23 heavy (non-hydrogen) atoms. The van der Waals surface area contributed by atoms with E-state index in [1.54, 1.807) is 4.90 Å². The lowest BCUT2D eigenvalue weighted by Gasteiger charge is -2.17.